The van der Waals surface area contributed by atoms with E-state index in [1.807, 2.05) is 73.6 Å². The Kier molecular flexibility index (Phi) is 28.3. The summed E-state index contributed by atoms with van der Waals surface area (Å²) in [5.74, 6) is -21.6. The van der Waals surface area contributed by atoms with Crippen LogP contribution < -0.4 is 0 Å². The zero-order valence-corrected chi connectivity index (χ0v) is 66.4. The molecule has 7 aromatic carbocycles. The van der Waals surface area contributed by atoms with Gasteiger partial charge in [-0.15, -0.1) is 0 Å². The maximum Gasteiger partial charge on any atom is 0.176 e. The predicted octanol–water partition coefficient (Wildman–Crippen LogP) is 24.0. The van der Waals surface area contributed by atoms with Crippen molar-refractivity contribution in [3.8, 4) is 0 Å². The van der Waals surface area contributed by atoms with Crippen molar-refractivity contribution in [3.63, 3.8) is 0 Å². The number of pyridine rings is 6. The fraction of sp³-hybridized carbons (Fsp3) is 0.0909. The van der Waals surface area contributed by atoms with Crippen molar-refractivity contribution in [1.82, 2.24) is 29.9 Å². The number of rotatable bonds is 0. The SMILES string of the molecule is Cc1ccnc2c1ccc1c(C)ccnc12.Cc1ccnc2c1ccc1c(C)ccnc12.Cc1ccnc2c1ccc1c(C)ccnc12.Fc1c(F)c(I)c(F)c(F)c1I.Fc1c(F)c(I)c(F)c(F)c1I.Fc1c(F)c(I)c(F)c(F)c1I.Fc1c(F)c(I)c(F)c(F)c1I. The van der Waals surface area contributed by atoms with Gasteiger partial charge in [-0.25, -0.2) is 70.2 Å². The van der Waals surface area contributed by atoms with Gasteiger partial charge >= 0.3 is 0 Å². The molecule has 0 N–H and O–H groups in total. The van der Waals surface area contributed by atoms with Crippen LogP contribution in [0.5, 0.6) is 0 Å². The van der Waals surface area contributed by atoms with Crippen molar-refractivity contribution in [2.75, 3.05) is 0 Å². The summed E-state index contributed by atoms with van der Waals surface area (Å²) in [7, 11) is 0. The first kappa shape index (κ1) is 79.1. The van der Waals surface area contributed by atoms with E-state index in [4.69, 9.17) is 0 Å². The molecule has 0 aliphatic rings. The van der Waals surface area contributed by atoms with E-state index in [9.17, 15) is 70.2 Å². The van der Waals surface area contributed by atoms with Gasteiger partial charge in [0.25, 0.3) is 0 Å². The van der Waals surface area contributed by atoms with Crippen LogP contribution >= 0.6 is 181 Å². The predicted molar refractivity (Wildman–Crippen MR) is 406 cm³/mol. The molecular formula is C66H36F16I8N6. The summed E-state index contributed by atoms with van der Waals surface area (Å²) >= 11 is 9.63. The van der Waals surface area contributed by atoms with Crippen LogP contribution in [0, 0.1) is 163 Å². The quantitative estimate of drug-likeness (QED) is 0.0495. The number of fused-ring (bicyclic) bond motifs is 9. The Labute approximate surface area is 644 Å². The monoisotopic (exact) mass is 2230 g/mol. The van der Waals surface area contributed by atoms with E-state index in [-0.39, 0.29) is 0 Å². The highest BCUT2D eigenvalue weighted by Crippen LogP contribution is 2.33. The lowest BCUT2D eigenvalue weighted by atomic mass is 10.0. The topological polar surface area (TPSA) is 77.3 Å². The largest absolute Gasteiger partial charge is 0.254 e. The average Bonchev–Trinajstić information content (AvgIpc) is 0.829. The summed E-state index contributed by atoms with van der Waals surface area (Å²) in [5, 5.41) is 7.13. The second kappa shape index (κ2) is 34.4. The number of halogens is 24. The number of benzene rings is 7. The average molecular weight is 2230 g/mol. The minimum atomic E-state index is -1.35. The van der Waals surface area contributed by atoms with E-state index in [1.165, 1.54) is 246 Å². The van der Waals surface area contributed by atoms with E-state index < -0.39 is 122 Å². The van der Waals surface area contributed by atoms with Crippen molar-refractivity contribution in [1.29, 1.82) is 0 Å². The first-order valence-corrected chi connectivity index (χ1v) is 35.3. The van der Waals surface area contributed by atoms with Crippen molar-refractivity contribution >= 4 is 246 Å². The number of aromatic nitrogens is 6. The third-order valence-corrected chi connectivity index (χ3v) is 21.4. The molecule has 0 bridgehead atoms. The minimum Gasteiger partial charge on any atom is -0.254 e. The molecule has 13 aromatic rings. The van der Waals surface area contributed by atoms with Crippen molar-refractivity contribution in [2.45, 2.75) is 41.5 Å². The Morgan fingerprint density at radius 3 is 0.365 bits per heavy atom. The standard InChI is InChI=1S/3C14H12N2.4C6F4I2/c3*1-9-5-7-15-13-11(9)3-4-12-10(2)6-8-16-14(12)13;4*7-1-2(8)6(12)4(10)3(9)5(1)11/h3*3-8H,1-2H3;;;;. The molecule has 6 aromatic heterocycles. The first-order valence-electron chi connectivity index (χ1n) is 26.6. The summed E-state index contributed by atoms with van der Waals surface area (Å²) in [6.45, 7) is 12.6. The van der Waals surface area contributed by atoms with E-state index >= 15 is 0 Å². The van der Waals surface area contributed by atoms with Crippen molar-refractivity contribution < 1.29 is 70.2 Å². The number of aryl methyl sites for hydroxylation is 6. The van der Waals surface area contributed by atoms with Crippen LogP contribution in [-0.2, 0) is 0 Å². The number of hydrogen-bond acceptors (Lipinski definition) is 6. The molecule has 0 saturated carbocycles. The van der Waals surface area contributed by atoms with Crippen LogP contribution in [0.15, 0.2) is 110 Å². The molecule has 0 unspecified atom stereocenters. The summed E-state index contributed by atoms with van der Waals surface area (Å²) in [4.78, 5) is 26.7. The second-order valence-corrected chi connectivity index (χ2v) is 28.5. The highest BCUT2D eigenvalue weighted by atomic mass is 127. The highest BCUT2D eigenvalue weighted by Gasteiger charge is 2.25. The van der Waals surface area contributed by atoms with Crippen LogP contribution in [0.3, 0.4) is 0 Å². The molecule has 13 rings (SSSR count). The van der Waals surface area contributed by atoms with Crippen LogP contribution in [0.2, 0.25) is 0 Å². The van der Waals surface area contributed by atoms with Gasteiger partial charge in [0.2, 0.25) is 0 Å². The van der Waals surface area contributed by atoms with Crippen LogP contribution in [0.4, 0.5) is 70.2 Å². The van der Waals surface area contributed by atoms with E-state index in [1.54, 1.807) is 0 Å². The van der Waals surface area contributed by atoms with Crippen molar-refractivity contribution in [3.05, 3.63) is 265 Å². The second-order valence-electron chi connectivity index (χ2n) is 19.9. The molecule has 6 nitrogen and oxygen atoms in total. The zero-order valence-electron chi connectivity index (χ0n) is 49.1. The molecule has 30 heteroatoms. The third kappa shape index (κ3) is 17.2. The molecule has 498 valence electrons. The lowest BCUT2D eigenvalue weighted by molar-refractivity contribution is 0.437. The van der Waals surface area contributed by atoms with Gasteiger partial charge in [-0.05, 0) is 292 Å². The van der Waals surface area contributed by atoms with Crippen LogP contribution in [-0.4, -0.2) is 29.9 Å². The Balaban J connectivity index is 0.000000159. The molecule has 0 amide bonds. The summed E-state index contributed by atoms with van der Waals surface area (Å²) in [6, 6.07) is 25.0. The van der Waals surface area contributed by atoms with Gasteiger partial charge in [0.1, 0.15) is 0 Å². The number of hydrogen-bond donors (Lipinski definition) is 0. The van der Waals surface area contributed by atoms with Gasteiger partial charge in [-0.1, -0.05) is 36.4 Å². The first-order chi connectivity index (χ1) is 45.2. The zero-order chi connectivity index (χ0) is 71.2. The molecule has 0 aliphatic heterocycles. The third-order valence-electron chi connectivity index (χ3n) is 13.8. The van der Waals surface area contributed by atoms with Crippen LogP contribution in [0.1, 0.15) is 33.4 Å². The van der Waals surface area contributed by atoms with Gasteiger partial charge in [0, 0.05) is 69.5 Å². The summed E-state index contributed by atoms with van der Waals surface area (Å²) in [5.41, 5.74) is 13.5. The fourth-order valence-corrected chi connectivity index (χ4v) is 12.4. The fourth-order valence-electron chi connectivity index (χ4n) is 8.63. The highest BCUT2D eigenvalue weighted by molar-refractivity contribution is 14.1. The maximum absolute atomic E-state index is 12.6. The summed E-state index contributed by atoms with van der Waals surface area (Å²) in [6.07, 6.45) is 11.1. The molecular weight excluding hydrogens is 2200 g/mol. The van der Waals surface area contributed by atoms with Gasteiger partial charge in [-0.2, -0.15) is 0 Å². The number of nitrogens with zero attached hydrogens (tertiary/aromatic N) is 6. The molecule has 0 atom stereocenters. The maximum atomic E-state index is 12.6. The van der Waals surface area contributed by atoms with E-state index in [2.05, 4.69) is 108 Å². The Hall–Kier alpha value is -4.28. The molecule has 0 spiro atoms. The van der Waals surface area contributed by atoms with Gasteiger partial charge in [0.05, 0.1) is 61.7 Å². The molecule has 0 aliphatic carbocycles. The lowest BCUT2D eigenvalue weighted by Gasteiger charge is -2.06. The normalized spacial score (nSPS) is 10.8. The molecule has 96 heavy (non-hydrogen) atoms. The summed E-state index contributed by atoms with van der Waals surface area (Å²) < 4.78 is 197. The Morgan fingerprint density at radius 2 is 0.271 bits per heavy atom. The Morgan fingerprint density at radius 1 is 0.177 bits per heavy atom. The van der Waals surface area contributed by atoms with Gasteiger partial charge in [0.15, 0.2) is 93.1 Å². The van der Waals surface area contributed by atoms with Gasteiger partial charge < -0.3 is 0 Å². The lowest BCUT2D eigenvalue weighted by Crippen LogP contribution is -2.02. The van der Waals surface area contributed by atoms with Gasteiger partial charge in [-0.3, -0.25) is 29.9 Å². The van der Waals surface area contributed by atoms with E-state index in [0.29, 0.717) is 0 Å². The molecule has 0 saturated heterocycles. The Bertz CT molecular complexity index is 4030. The molecule has 0 fully saturated rings. The molecule has 0 radical (unpaired) electrons. The molecule has 6 heterocycles. The van der Waals surface area contributed by atoms with Crippen molar-refractivity contribution in [2.24, 2.45) is 0 Å². The van der Waals surface area contributed by atoms with Crippen LogP contribution in [0.25, 0.3) is 65.4 Å². The minimum absolute atomic E-state index is 0.664. The van der Waals surface area contributed by atoms with E-state index in [0.717, 1.165) is 33.1 Å². The smallest absolute Gasteiger partial charge is 0.176 e.